The number of rotatable bonds is 6. The highest BCUT2D eigenvalue weighted by molar-refractivity contribution is 5.84. The largest absolute Gasteiger partial charge is 0.483 e. The Morgan fingerprint density at radius 3 is 2.37 bits per heavy atom. The van der Waals surface area contributed by atoms with Crippen LogP contribution in [0.5, 0.6) is 5.75 Å². The molecule has 5 nitrogen and oxygen atoms in total. The van der Waals surface area contributed by atoms with Gasteiger partial charge in [0.2, 0.25) is 0 Å². The summed E-state index contributed by atoms with van der Waals surface area (Å²) < 4.78 is 5.45. The zero-order chi connectivity index (χ0) is 14.4. The van der Waals surface area contributed by atoms with Gasteiger partial charge in [0.15, 0.2) is 6.61 Å². The van der Waals surface area contributed by atoms with E-state index in [1.165, 1.54) is 0 Å². The first-order chi connectivity index (χ1) is 8.95. The van der Waals surface area contributed by atoms with Crippen molar-refractivity contribution in [1.82, 2.24) is 5.32 Å². The van der Waals surface area contributed by atoms with Crippen LogP contribution in [0.2, 0.25) is 0 Å². The molecule has 1 aromatic rings. The van der Waals surface area contributed by atoms with E-state index in [4.69, 9.17) is 9.84 Å². The molecular formula is C14H19NO4. The van der Waals surface area contributed by atoms with E-state index < -0.39 is 17.9 Å². The van der Waals surface area contributed by atoms with Crippen LogP contribution in [0.4, 0.5) is 0 Å². The molecule has 1 aromatic carbocycles. The van der Waals surface area contributed by atoms with Gasteiger partial charge in [0, 0.05) is 0 Å². The van der Waals surface area contributed by atoms with Gasteiger partial charge in [-0.15, -0.1) is 0 Å². The molecule has 0 bridgehead atoms. The quantitative estimate of drug-likeness (QED) is 0.820. The second-order valence-electron chi connectivity index (χ2n) is 4.38. The highest BCUT2D eigenvalue weighted by Crippen LogP contribution is 2.21. The molecule has 0 radical (unpaired) electrons. The van der Waals surface area contributed by atoms with E-state index >= 15 is 0 Å². The molecule has 19 heavy (non-hydrogen) atoms. The first-order valence-electron chi connectivity index (χ1n) is 6.16. The predicted molar refractivity (Wildman–Crippen MR) is 71.3 cm³/mol. The topological polar surface area (TPSA) is 75.6 Å². The zero-order valence-corrected chi connectivity index (χ0v) is 11.4. The number of carboxylic acid groups (broad SMARTS) is 1. The summed E-state index contributed by atoms with van der Waals surface area (Å²) in [4.78, 5) is 22.4. The maximum Gasteiger partial charge on any atom is 0.326 e. The highest BCUT2D eigenvalue weighted by atomic mass is 16.5. The van der Waals surface area contributed by atoms with Crippen LogP contribution in [-0.4, -0.2) is 29.6 Å². The van der Waals surface area contributed by atoms with Gasteiger partial charge in [0.05, 0.1) is 0 Å². The number of aryl methyl sites for hydroxylation is 2. The first-order valence-corrected chi connectivity index (χ1v) is 6.16. The molecule has 0 saturated carbocycles. The van der Waals surface area contributed by atoms with E-state index in [2.05, 4.69) is 5.32 Å². The van der Waals surface area contributed by atoms with Gasteiger partial charge in [0.25, 0.3) is 5.91 Å². The molecule has 0 fully saturated rings. The molecule has 0 aliphatic heterocycles. The number of aliphatic carboxylic acids is 1. The number of hydrogen-bond acceptors (Lipinski definition) is 3. The number of carbonyl (C=O) groups excluding carboxylic acids is 1. The van der Waals surface area contributed by atoms with Gasteiger partial charge in [-0.05, 0) is 31.4 Å². The molecule has 0 heterocycles. The highest BCUT2D eigenvalue weighted by Gasteiger charge is 2.17. The summed E-state index contributed by atoms with van der Waals surface area (Å²) in [5, 5.41) is 11.3. The van der Waals surface area contributed by atoms with Crippen LogP contribution in [0.25, 0.3) is 0 Å². The van der Waals surface area contributed by atoms with Crippen molar-refractivity contribution in [2.45, 2.75) is 33.2 Å². The lowest BCUT2D eigenvalue weighted by Gasteiger charge is -2.14. The molecule has 2 N–H and O–H groups in total. The second-order valence-corrected chi connectivity index (χ2v) is 4.38. The Labute approximate surface area is 112 Å². The van der Waals surface area contributed by atoms with E-state index in [1.54, 1.807) is 6.92 Å². The van der Waals surface area contributed by atoms with Crippen molar-refractivity contribution >= 4 is 11.9 Å². The fourth-order valence-electron chi connectivity index (χ4n) is 1.74. The van der Waals surface area contributed by atoms with Crippen molar-refractivity contribution < 1.29 is 19.4 Å². The third-order valence-corrected chi connectivity index (χ3v) is 2.80. The van der Waals surface area contributed by atoms with Crippen molar-refractivity contribution in [2.75, 3.05) is 6.61 Å². The van der Waals surface area contributed by atoms with E-state index in [1.807, 2.05) is 32.0 Å². The minimum atomic E-state index is -1.04. The van der Waals surface area contributed by atoms with Crippen LogP contribution < -0.4 is 10.1 Å². The normalized spacial score (nSPS) is 11.7. The van der Waals surface area contributed by atoms with Gasteiger partial charge in [-0.3, -0.25) is 4.79 Å². The second kappa shape index (κ2) is 6.78. The van der Waals surface area contributed by atoms with Crippen LogP contribution in [-0.2, 0) is 9.59 Å². The van der Waals surface area contributed by atoms with Gasteiger partial charge >= 0.3 is 5.97 Å². The molecule has 1 amide bonds. The number of carbonyl (C=O) groups is 2. The van der Waals surface area contributed by atoms with Gasteiger partial charge in [-0.1, -0.05) is 25.1 Å². The Morgan fingerprint density at radius 2 is 1.89 bits per heavy atom. The summed E-state index contributed by atoms with van der Waals surface area (Å²) in [6.45, 7) is 5.31. The number of nitrogens with one attached hydrogen (secondary N) is 1. The van der Waals surface area contributed by atoms with Gasteiger partial charge in [0.1, 0.15) is 11.8 Å². The molecule has 0 spiro atoms. The van der Waals surface area contributed by atoms with E-state index in [9.17, 15) is 9.59 Å². The van der Waals surface area contributed by atoms with Crippen molar-refractivity contribution in [3.05, 3.63) is 29.3 Å². The summed E-state index contributed by atoms with van der Waals surface area (Å²) in [5.41, 5.74) is 1.89. The molecule has 5 heteroatoms. The maximum absolute atomic E-state index is 11.6. The summed E-state index contributed by atoms with van der Waals surface area (Å²) in [7, 11) is 0. The van der Waals surface area contributed by atoms with E-state index in [0.29, 0.717) is 12.2 Å². The predicted octanol–water partition coefficient (Wildman–Crippen LogP) is 1.66. The average Bonchev–Trinajstić information content (AvgIpc) is 2.35. The Kier molecular flexibility index (Phi) is 5.36. The third-order valence-electron chi connectivity index (χ3n) is 2.80. The molecule has 0 unspecified atom stereocenters. The first kappa shape index (κ1) is 15.0. The Morgan fingerprint density at radius 1 is 1.32 bits per heavy atom. The van der Waals surface area contributed by atoms with E-state index in [0.717, 1.165) is 11.1 Å². The fraction of sp³-hybridized carbons (Fsp3) is 0.429. The Balaban J connectivity index is 2.57. The van der Waals surface area contributed by atoms with Gasteiger partial charge in [-0.2, -0.15) is 0 Å². The molecule has 104 valence electrons. The maximum atomic E-state index is 11.6. The fourth-order valence-corrected chi connectivity index (χ4v) is 1.74. The summed E-state index contributed by atoms with van der Waals surface area (Å²) in [5.74, 6) is -0.805. The number of hydrogen-bond donors (Lipinski definition) is 2. The SMILES string of the molecule is CC[C@H](NC(=O)COc1c(C)cccc1C)C(=O)O. The van der Waals surface area contributed by atoms with Gasteiger partial charge < -0.3 is 15.2 Å². The van der Waals surface area contributed by atoms with Gasteiger partial charge in [-0.25, -0.2) is 4.79 Å². The van der Waals surface area contributed by atoms with Crippen LogP contribution in [0.3, 0.4) is 0 Å². The molecule has 0 aliphatic carbocycles. The molecule has 1 rings (SSSR count). The number of para-hydroxylation sites is 1. The summed E-state index contributed by atoms with van der Waals surface area (Å²) in [6, 6.07) is 4.84. The van der Waals surface area contributed by atoms with Crippen LogP contribution >= 0.6 is 0 Å². The van der Waals surface area contributed by atoms with Crippen molar-refractivity contribution in [2.24, 2.45) is 0 Å². The molecular weight excluding hydrogens is 246 g/mol. The zero-order valence-electron chi connectivity index (χ0n) is 11.4. The van der Waals surface area contributed by atoms with Crippen LogP contribution in [0.1, 0.15) is 24.5 Å². The summed E-state index contributed by atoms with van der Waals surface area (Å²) >= 11 is 0. The Hall–Kier alpha value is -2.04. The average molecular weight is 265 g/mol. The number of carboxylic acids is 1. The lowest BCUT2D eigenvalue weighted by atomic mass is 10.1. The smallest absolute Gasteiger partial charge is 0.326 e. The molecule has 0 aromatic heterocycles. The number of amides is 1. The van der Waals surface area contributed by atoms with Crippen LogP contribution in [0, 0.1) is 13.8 Å². The standard InChI is InChI=1S/C14H19NO4/c1-4-11(14(17)18)15-12(16)8-19-13-9(2)6-5-7-10(13)3/h5-7,11H,4,8H2,1-3H3,(H,15,16)(H,17,18)/t11-/m0/s1. The van der Waals surface area contributed by atoms with Crippen molar-refractivity contribution in [3.63, 3.8) is 0 Å². The molecule has 0 saturated heterocycles. The molecule has 1 atom stereocenters. The minimum Gasteiger partial charge on any atom is -0.483 e. The molecule has 0 aliphatic rings. The van der Waals surface area contributed by atoms with Crippen molar-refractivity contribution in [1.29, 1.82) is 0 Å². The lowest BCUT2D eigenvalue weighted by Crippen LogP contribution is -2.42. The minimum absolute atomic E-state index is 0.185. The Bertz CT molecular complexity index is 450. The monoisotopic (exact) mass is 265 g/mol. The number of benzene rings is 1. The van der Waals surface area contributed by atoms with Crippen molar-refractivity contribution in [3.8, 4) is 5.75 Å². The van der Waals surface area contributed by atoms with Crippen LogP contribution in [0.15, 0.2) is 18.2 Å². The van der Waals surface area contributed by atoms with E-state index in [-0.39, 0.29) is 6.61 Å². The third kappa shape index (κ3) is 4.28. The summed E-state index contributed by atoms with van der Waals surface area (Å²) in [6.07, 6.45) is 0.338. The lowest BCUT2D eigenvalue weighted by molar-refractivity contribution is -0.142. The number of ether oxygens (including phenoxy) is 1.